The van der Waals surface area contributed by atoms with Gasteiger partial charge in [-0.15, -0.1) is 0 Å². The fourth-order valence-electron chi connectivity index (χ4n) is 1.72. The van der Waals surface area contributed by atoms with Crippen molar-refractivity contribution >= 4 is 23.3 Å². The molecule has 0 aromatic heterocycles. The fourth-order valence-corrected chi connectivity index (χ4v) is 1.88. The van der Waals surface area contributed by atoms with E-state index in [0.717, 1.165) is 0 Å². The van der Waals surface area contributed by atoms with Crippen LogP contribution >= 0.6 is 11.6 Å². The minimum Gasteiger partial charge on any atom is -0.478 e. The van der Waals surface area contributed by atoms with E-state index in [1.165, 1.54) is 6.07 Å². The number of rotatable bonds is 5. The van der Waals surface area contributed by atoms with Crippen molar-refractivity contribution in [3.05, 3.63) is 28.8 Å². The van der Waals surface area contributed by atoms with E-state index in [4.69, 9.17) is 22.0 Å². The van der Waals surface area contributed by atoms with Crippen LogP contribution in [0.15, 0.2) is 18.2 Å². The van der Waals surface area contributed by atoms with Gasteiger partial charge in [-0.05, 0) is 32.0 Å². The molecule has 5 heteroatoms. The summed E-state index contributed by atoms with van der Waals surface area (Å²) in [4.78, 5) is 13.0. The summed E-state index contributed by atoms with van der Waals surface area (Å²) in [7, 11) is 0. The van der Waals surface area contributed by atoms with Crippen LogP contribution in [0.3, 0.4) is 0 Å². The summed E-state index contributed by atoms with van der Waals surface area (Å²) in [6, 6.07) is 6.80. The maximum absolute atomic E-state index is 11.2. The molecule has 0 aliphatic rings. The van der Waals surface area contributed by atoms with Crippen molar-refractivity contribution in [2.45, 2.75) is 13.8 Å². The van der Waals surface area contributed by atoms with Crippen LogP contribution in [0.25, 0.3) is 0 Å². The Kier molecular flexibility index (Phi) is 4.99. The van der Waals surface area contributed by atoms with Crippen LogP contribution in [0.5, 0.6) is 0 Å². The lowest BCUT2D eigenvalue weighted by molar-refractivity contribution is 0.0697. The number of carbonyl (C=O) groups is 1. The summed E-state index contributed by atoms with van der Waals surface area (Å²) in [5, 5.41) is 18.5. The minimum absolute atomic E-state index is 0.175. The molecule has 0 aliphatic heterocycles. The van der Waals surface area contributed by atoms with Crippen LogP contribution in [-0.4, -0.2) is 24.2 Å². The molecule has 1 atom stereocenters. The van der Waals surface area contributed by atoms with Gasteiger partial charge < -0.3 is 10.0 Å². The Labute approximate surface area is 111 Å². The van der Waals surface area contributed by atoms with Crippen molar-refractivity contribution in [2.24, 2.45) is 5.92 Å². The summed E-state index contributed by atoms with van der Waals surface area (Å²) in [5.41, 5.74) is 0.756. The number of hydrogen-bond donors (Lipinski definition) is 1. The third-order valence-electron chi connectivity index (χ3n) is 2.63. The molecule has 0 spiro atoms. The molecule has 18 heavy (non-hydrogen) atoms. The summed E-state index contributed by atoms with van der Waals surface area (Å²) in [6.07, 6.45) is 0. The maximum atomic E-state index is 11.2. The largest absolute Gasteiger partial charge is 0.478 e. The van der Waals surface area contributed by atoms with Gasteiger partial charge in [0.2, 0.25) is 0 Å². The van der Waals surface area contributed by atoms with Gasteiger partial charge in [-0.1, -0.05) is 11.6 Å². The van der Waals surface area contributed by atoms with Gasteiger partial charge in [0.25, 0.3) is 0 Å². The summed E-state index contributed by atoms with van der Waals surface area (Å²) in [5.74, 6) is -1.17. The smallest absolute Gasteiger partial charge is 0.337 e. The first-order valence-electron chi connectivity index (χ1n) is 5.67. The Bertz CT molecular complexity index is 482. The number of carboxylic acids is 1. The second-order valence-corrected chi connectivity index (χ2v) is 4.47. The normalized spacial score (nSPS) is 11.7. The minimum atomic E-state index is -0.996. The van der Waals surface area contributed by atoms with E-state index in [1.807, 2.05) is 11.8 Å². The number of anilines is 1. The van der Waals surface area contributed by atoms with E-state index in [-0.39, 0.29) is 11.5 Å². The van der Waals surface area contributed by atoms with Crippen molar-refractivity contribution in [3.63, 3.8) is 0 Å². The molecule has 1 rings (SSSR count). The lowest BCUT2D eigenvalue weighted by Crippen LogP contribution is -2.29. The Balaban J connectivity index is 3.15. The highest BCUT2D eigenvalue weighted by atomic mass is 35.5. The first-order valence-corrected chi connectivity index (χ1v) is 6.04. The van der Waals surface area contributed by atoms with Crippen molar-refractivity contribution < 1.29 is 9.90 Å². The van der Waals surface area contributed by atoms with Crippen molar-refractivity contribution in [1.29, 1.82) is 5.26 Å². The Morgan fingerprint density at radius 3 is 2.78 bits per heavy atom. The zero-order valence-electron chi connectivity index (χ0n) is 10.4. The summed E-state index contributed by atoms with van der Waals surface area (Å²) >= 11 is 5.91. The molecule has 0 radical (unpaired) electrons. The average Bonchev–Trinajstić information content (AvgIpc) is 2.35. The molecule has 0 bridgehead atoms. The van der Waals surface area contributed by atoms with Gasteiger partial charge in [0.1, 0.15) is 0 Å². The van der Waals surface area contributed by atoms with E-state index in [9.17, 15) is 4.79 Å². The number of hydrogen-bond acceptors (Lipinski definition) is 3. The third-order valence-corrected chi connectivity index (χ3v) is 2.86. The van der Waals surface area contributed by atoms with E-state index in [0.29, 0.717) is 23.8 Å². The molecular weight excluding hydrogens is 252 g/mol. The number of nitriles is 1. The molecule has 0 fully saturated rings. The molecular formula is C13H15ClN2O2. The lowest BCUT2D eigenvalue weighted by Gasteiger charge is -2.25. The van der Waals surface area contributed by atoms with E-state index >= 15 is 0 Å². The van der Waals surface area contributed by atoms with Crippen LogP contribution in [-0.2, 0) is 0 Å². The van der Waals surface area contributed by atoms with Crippen molar-refractivity contribution in [2.75, 3.05) is 18.0 Å². The van der Waals surface area contributed by atoms with Crippen LogP contribution in [0.4, 0.5) is 5.69 Å². The molecule has 1 aromatic rings. The van der Waals surface area contributed by atoms with Crippen LogP contribution < -0.4 is 4.90 Å². The van der Waals surface area contributed by atoms with Crippen LogP contribution in [0.2, 0.25) is 5.02 Å². The molecule has 1 N–H and O–H groups in total. The Hall–Kier alpha value is -1.73. The summed E-state index contributed by atoms with van der Waals surface area (Å²) in [6.45, 7) is 4.81. The predicted octanol–water partition coefficient (Wildman–Crippen LogP) is 3.02. The third kappa shape index (κ3) is 3.38. The van der Waals surface area contributed by atoms with Crippen LogP contribution in [0, 0.1) is 17.2 Å². The SMILES string of the molecule is CCN(CC(C)C#N)c1cc(Cl)ccc1C(=O)O. The van der Waals surface area contributed by atoms with Gasteiger partial charge in [0.15, 0.2) is 0 Å². The number of benzene rings is 1. The number of halogens is 1. The van der Waals surface area contributed by atoms with Gasteiger partial charge in [0.05, 0.1) is 23.2 Å². The first kappa shape index (κ1) is 14.3. The van der Waals surface area contributed by atoms with E-state index < -0.39 is 5.97 Å². The van der Waals surface area contributed by atoms with Gasteiger partial charge in [-0.2, -0.15) is 5.26 Å². The molecule has 1 aromatic carbocycles. The fraction of sp³-hybridized carbons (Fsp3) is 0.385. The highest BCUT2D eigenvalue weighted by molar-refractivity contribution is 6.31. The average molecular weight is 267 g/mol. The molecule has 0 saturated heterocycles. The van der Waals surface area contributed by atoms with Crippen molar-refractivity contribution in [1.82, 2.24) is 0 Å². The zero-order chi connectivity index (χ0) is 13.7. The zero-order valence-corrected chi connectivity index (χ0v) is 11.1. The predicted molar refractivity (Wildman–Crippen MR) is 71.1 cm³/mol. The van der Waals surface area contributed by atoms with Crippen molar-refractivity contribution in [3.8, 4) is 6.07 Å². The topological polar surface area (TPSA) is 64.3 Å². The first-order chi connectivity index (χ1) is 8.49. The molecule has 96 valence electrons. The van der Waals surface area contributed by atoms with E-state index in [2.05, 4.69) is 6.07 Å². The molecule has 4 nitrogen and oxygen atoms in total. The quantitative estimate of drug-likeness (QED) is 0.890. The standard InChI is InChI=1S/C13H15ClN2O2/c1-3-16(8-9(2)7-15)12-6-10(14)4-5-11(12)13(17)18/h4-6,9H,3,8H2,1-2H3,(H,17,18). The second kappa shape index (κ2) is 6.27. The van der Waals surface area contributed by atoms with Gasteiger partial charge >= 0.3 is 5.97 Å². The molecule has 0 heterocycles. The van der Waals surface area contributed by atoms with E-state index in [1.54, 1.807) is 19.1 Å². The number of nitrogens with zero attached hydrogens (tertiary/aromatic N) is 2. The molecule has 1 unspecified atom stereocenters. The second-order valence-electron chi connectivity index (χ2n) is 4.04. The van der Waals surface area contributed by atoms with Gasteiger partial charge in [-0.3, -0.25) is 0 Å². The molecule has 0 aliphatic carbocycles. The molecule has 0 saturated carbocycles. The Morgan fingerprint density at radius 1 is 1.61 bits per heavy atom. The highest BCUT2D eigenvalue weighted by Gasteiger charge is 2.17. The Morgan fingerprint density at radius 2 is 2.28 bits per heavy atom. The summed E-state index contributed by atoms with van der Waals surface area (Å²) < 4.78 is 0. The number of carboxylic acid groups (broad SMARTS) is 1. The maximum Gasteiger partial charge on any atom is 0.337 e. The highest BCUT2D eigenvalue weighted by Crippen LogP contribution is 2.25. The van der Waals surface area contributed by atoms with Gasteiger partial charge in [-0.25, -0.2) is 4.79 Å². The van der Waals surface area contributed by atoms with Crippen LogP contribution in [0.1, 0.15) is 24.2 Å². The molecule has 0 amide bonds. The number of aromatic carboxylic acids is 1. The monoisotopic (exact) mass is 266 g/mol. The lowest BCUT2D eigenvalue weighted by atomic mass is 10.1. The van der Waals surface area contributed by atoms with Gasteiger partial charge in [0, 0.05) is 18.1 Å².